The number of hydrogen-bond acceptors (Lipinski definition) is 2. The molecule has 1 heterocycles. The van der Waals surface area contributed by atoms with E-state index in [9.17, 15) is 0 Å². The van der Waals surface area contributed by atoms with Crippen molar-refractivity contribution in [2.75, 3.05) is 11.9 Å². The number of nitrogens with zero attached hydrogens (tertiary/aromatic N) is 3. The average Bonchev–Trinajstić information content (AvgIpc) is 3.22. The van der Waals surface area contributed by atoms with E-state index in [0.29, 0.717) is 0 Å². The Morgan fingerprint density at radius 3 is 2.57 bits per heavy atom. The van der Waals surface area contributed by atoms with Crippen LogP contribution in [0.25, 0.3) is 0 Å². The second kappa shape index (κ2) is 10.0. The van der Waals surface area contributed by atoms with Crippen molar-refractivity contribution >= 4 is 23.0 Å². The molecule has 1 N–H and O–H groups in total. The molecular weight excluding hydrogens is 364 g/mol. The number of thiocarbonyl (C=S) groups is 1. The molecule has 1 aromatic heterocycles. The number of benzene rings is 2. The normalized spacial score (nSPS) is 10.6. The van der Waals surface area contributed by atoms with Crippen molar-refractivity contribution in [1.29, 1.82) is 0 Å². The van der Waals surface area contributed by atoms with E-state index in [2.05, 4.69) is 82.1 Å². The van der Waals surface area contributed by atoms with Crippen molar-refractivity contribution in [3.63, 3.8) is 0 Å². The number of anilines is 1. The van der Waals surface area contributed by atoms with Crippen LogP contribution in [0.1, 0.15) is 30.0 Å². The Morgan fingerprint density at radius 1 is 1.11 bits per heavy atom. The molecule has 5 heteroatoms. The molecule has 0 radical (unpaired) electrons. The van der Waals surface area contributed by atoms with E-state index in [4.69, 9.17) is 12.2 Å². The fourth-order valence-corrected chi connectivity index (χ4v) is 3.52. The second-order valence-electron chi connectivity index (χ2n) is 6.94. The van der Waals surface area contributed by atoms with Crippen molar-refractivity contribution in [3.05, 3.63) is 83.9 Å². The topological polar surface area (TPSA) is 33.1 Å². The summed E-state index contributed by atoms with van der Waals surface area (Å²) in [5.74, 6) is 0. The van der Waals surface area contributed by atoms with Gasteiger partial charge in [-0.05, 0) is 54.7 Å². The van der Waals surface area contributed by atoms with Crippen molar-refractivity contribution in [1.82, 2.24) is 14.5 Å². The van der Waals surface area contributed by atoms with Gasteiger partial charge < -0.3 is 14.8 Å². The van der Waals surface area contributed by atoms with Crippen LogP contribution in [0.5, 0.6) is 0 Å². The summed E-state index contributed by atoms with van der Waals surface area (Å²) in [5.41, 5.74) is 4.97. The van der Waals surface area contributed by atoms with Gasteiger partial charge >= 0.3 is 0 Å². The van der Waals surface area contributed by atoms with Crippen LogP contribution in [0, 0.1) is 6.92 Å². The third kappa shape index (κ3) is 5.42. The lowest BCUT2D eigenvalue weighted by atomic mass is 10.1. The Hall–Kier alpha value is -2.66. The average molecular weight is 393 g/mol. The van der Waals surface area contributed by atoms with E-state index in [1.54, 1.807) is 0 Å². The summed E-state index contributed by atoms with van der Waals surface area (Å²) in [7, 11) is 0. The van der Waals surface area contributed by atoms with E-state index in [1.165, 1.54) is 16.7 Å². The molecule has 0 amide bonds. The van der Waals surface area contributed by atoms with Crippen LogP contribution in [0.15, 0.2) is 67.3 Å². The molecule has 0 aliphatic carbocycles. The van der Waals surface area contributed by atoms with Gasteiger partial charge in [-0.2, -0.15) is 0 Å². The Morgan fingerprint density at radius 2 is 1.86 bits per heavy atom. The summed E-state index contributed by atoms with van der Waals surface area (Å²) in [6.45, 7) is 6.93. The molecule has 3 aromatic rings. The maximum atomic E-state index is 5.82. The molecule has 0 saturated carbocycles. The highest BCUT2D eigenvalue weighted by atomic mass is 32.1. The van der Waals surface area contributed by atoms with E-state index in [1.807, 2.05) is 18.7 Å². The first kappa shape index (κ1) is 20.1. The minimum atomic E-state index is 0.773. The monoisotopic (exact) mass is 392 g/mol. The van der Waals surface area contributed by atoms with Gasteiger partial charge in [0.15, 0.2) is 5.11 Å². The van der Waals surface area contributed by atoms with Gasteiger partial charge in [0.2, 0.25) is 0 Å². The first-order valence-electron chi connectivity index (χ1n) is 9.81. The number of para-hydroxylation sites is 1. The molecule has 0 saturated heterocycles. The fourth-order valence-electron chi connectivity index (χ4n) is 3.25. The second-order valence-corrected chi connectivity index (χ2v) is 7.33. The zero-order chi connectivity index (χ0) is 19.8. The molecule has 0 atom stereocenters. The first-order chi connectivity index (χ1) is 13.7. The van der Waals surface area contributed by atoms with Gasteiger partial charge in [-0.3, -0.25) is 0 Å². The zero-order valence-electron chi connectivity index (χ0n) is 16.6. The Labute approximate surface area is 173 Å². The number of aryl methyl sites for hydroxylation is 3. The van der Waals surface area contributed by atoms with E-state index < -0.39 is 0 Å². The summed E-state index contributed by atoms with van der Waals surface area (Å²) >= 11 is 5.82. The lowest BCUT2D eigenvalue weighted by molar-refractivity contribution is 0.395. The standard InChI is InChI=1S/C23H28N4S/c1-3-20-10-6-7-12-22(20)25-23(28)27(15-8-14-26-16-13-24-18-26)17-21-11-5-4-9-19(21)2/h4-7,9-13,16,18H,3,8,14-15,17H2,1-2H3,(H,25,28). The molecule has 0 aliphatic heterocycles. The first-order valence-corrected chi connectivity index (χ1v) is 10.2. The van der Waals surface area contributed by atoms with Crippen LogP contribution >= 0.6 is 12.2 Å². The quantitative estimate of drug-likeness (QED) is 0.544. The Balaban J connectivity index is 1.72. The van der Waals surface area contributed by atoms with Crippen LogP contribution in [0.3, 0.4) is 0 Å². The van der Waals surface area contributed by atoms with Crippen LogP contribution in [-0.4, -0.2) is 26.1 Å². The summed E-state index contributed by atoms with van der Waals surface area (Å²) in [5, 5.41) is 4.26. The van der Waals surface area contributed by atoms with Crippen LogP contribution < -0.4 is 5.32 Å². The van der Waals surface area contributed by atoms with E-state index in [0.717, 1.165) is 43.3 Å². The largest absolute Gasteiger partial charge is 0.345 e. The van der Waals surface area contributed by atoms with Crippen LogP contribution in [0.2, 0.25) is 0 Å². The third-order valence-electron chi connectivity index (χ3n) is 4.95. The molecule has 0 spiro atoms. The minimum absolute atomic E-state index is 0.773. The van der Waals surface area contributed by atoms with Crippen LogP contribution in [-0.2, 0) is 19.5 Å². The lowest BCUT2D eigenvalue weighted by Gasteiger charge is -2.27. The molecule has 2 aromatic carbocycles. The number of imidazole rings is 1. The minimum Gasteiger partial charge on any atom is -0.345 e. The van der Waals surface area contributed by atoms with Gasteiger partial charge in [-0.1, -0.05) is 49.4 Å². The van der Waals surface area contributed by atoms with Gasteiger partial charge in [0.05, 0.1) is 6.33 Å². The van der Waals surface area contributed by atoms with Crippen molar-refractivity contribution in [2.24, 2.45) is 0 Å². The third-order valence-corrected chi connectivity index (χ3v) is 5.31. The maximum absolute atomic E-state index is 5.82. The summed E-state index contributed by atoms with van der Waals surface area (Å²) in [4.78, 5) is 6.39. The SMILES string of the molecule is CCc1ccccc1NC(=S)N(CCCn1ccnc1)Cc1ccccc1C. The molecule has 0 aliphatic rings. The predicted octanol–water partition coefficient (Wildman–Crippen LogP) is 5.04. The maximum Gasteiger partial charge on any atom is 0.173 e. The van der Waals surface area contributed by atoms with Gasteiger partial charge in [0, 0.05) is 37.7 Å². The molecule has 4 nitrogen and oxygen atoms in total. The predicted molar refractivity (Wildman–Crippen MR) is 120 cm³/mol. The summed E-state index contributed by atoms with van der Waals surface area (Å²) in [6, 6.07) is 16.9. The molecule has 28 heavy (non-hydrogen) atoms. The van der Waals surface area contributed by atoms with Gasteiger partial charge in [0.25, 0.3) is 0 Å². The van der Waals surface area contributed by atoms with Crippen molar-refractivity contribution < 1.29 is 0 Å². The van der Waals surface area contributed by atoms with Crippen LogP contribution in [0.4, 0.5) is 5.69 Å². The van der Waals surface area contributed by atoms with Crippen molar-refractivity contribution in [2.45, 2.75) is 39.8 Å². The number of hydrogen-bond donors (Lipinski definition) is 1. The molecular formula is C23H28N4S. The molecule has 0 unspecified atom stereocenters. The Kier molecular flexibility index (Phi) is 7.20. The number of aromatic nitrogens is 2. The summed E-state index contributed by atoms with van der Waals surface area (Å²) in [6.07, 6.45) is 7.65. The molecule has 0 fully saturated rings. The highest BCUT2D eigenvalue weighted by Gasteiger charge is 2.13. The lowest BCUT2D eigenvalue weighted by Crippen LogP contribution is -2.36. The molecule has 3 rings (SSSR count). The fraction of sp³-hybridized carbons (Fsp3) is 0.304. The number of rotatable bonds is 8. The molecule has 146 valence electrons. The van der Waals surface area contributed by atoms with Gasteiger partial charge in [-0.25, -0.2) is 4.98 Å². The number of nitrogens with one attached hydrogen (secondary N) is 1. The van der Waals surface area contributed by atoms with Gasteiger partial charge in [-0.15, -0.1) is 0 Å². The smallest absolute Gasteiger partial charge is 0.173 e. The molecule has 0 bridgehead atoms. The van der Waals surface area contributed by atoms with Crippen molar-refractivity contribution in [3.8, 4) is 0 Å². The van der Waals surface area contributed by atoms with E-state index in [-0.39, 0.29) is 0 Å². The zero-order valence-corrected chi connectivity index (χ0v) is 17.5. The van der Waals surface area contributed by atoms with Gasteiger partial charge in [0.1, 0.15) is 0 Å². The summed E-state index contributed by atoms with van der Waals surface area (Å²) < 4.78 is 2.11. The van der Waals surface area contributed by atoms with E-state index >= 15 is 0 Å². The highest BCUT2D eigenvalue weighted by molar-refractivity contribution is 7.80. The Bertz CT molecular complexity index is 889. The highest BCUT2D eigenvalue weighted by Crippen LogP contribution is 2.18.